The zero-order valence-corrected chi connectivity index (χ0v) is 15.0. The second-order valence-electron chi connectivity index (χ2n) is 5.54. The predicted octanol–water partition coefficient (Wildman–Crippen LogP) is 3.92. The van der Waals surface area contributed by atoms with E-state index in [1.54, 1.807) is 36.4 Å². The molecule has 27 heavy (non-hydrogen) atoms. The van der Waals surface area contributed by atoms with Crippen molar-refractivity contribution >= 4 is 44.9 Å². The van der Waals surface area contributed by atoms with Crippen LogP contribution in [0.15, 0.2) is 57.7 Å². The number of aromatic hydroxyl groups is 1. The Morgan fingerprint density at radius 1 is 1.11 bits per heavy atom. The van der Waals surface area contributed by atoms with Gasteiger partial charge in [-0.05, 0) is 42.5 Å². The SMILES string of the molecule is O=C(Nc1nnc(-c2cc3ccc(O)cc3oc2=O)s1)c1ccc(Cl)cc1. The predicted molar refractivity (Wildman–Crippen MR) is 102 cm³/mol. The Morgan fingerprint density at radius 3 is 2.67 bits per heavy atom. The summed E-state index contributed by atoms with van der Waals surface area (Å²) < 4.78 is 5.22. The molecule has 2 heterocycles. The number of phenols is 1. The zero-order valence-electron chi connectivity index (χ0n) is 13.5. The number of halogens is 1. The summed E-state index contributed by atoms with van der Waals surface area (Å²) in [4.78, 5) is 24.4. The Labute approximate surface area is 160 Å². The molecule has 7 nitrogen and oxygen atoms in total. The van der Waals surface area contributed by atoms with Gasteiger partial charge in [-0.3, -0.25) is 10.1 Å². The van der Waals surface area contributed by atoms with E-state index < -0.39 is 5.63 Å². The molecule has 9 heteroatoms. The highest BCUT2D eigenvalue weighted by molar-refractivity contribution is 7.18. The lowest BCUT2D eigenvalue weighted by Crippen LogP contribution is -2.11. The Bertz CT molecular complexity index is 1220. The Balaban J connectivity index is 1.62. The molecule has 0 unspecified atom stereocenters. The van der Waals surface area contributed by atoms with E-state index >= 15 is 0 Å². The third-order valence-corrected chi connectivity index (χ3v) is 4.83. The van der Waals surface area contributed by atoms with Crippen LogP contribution in [-0.4, -0.2) is 21.2 Å². The molecule has 1 amide bonds. The minimum atomic E-state index is -0.611. The number of carbonyl (C=O) groups excluding carboxylic acids is 1. The molecule has 0 saturated carbocycles. The highest BCUT2D eigenvalue weighted by atomic mass is 35.5. The third kappa shape index (κ3) is 3.53. The van der Waals surface area contributed by atoms with Gasteiger partial charge in [0, 0.05) is 22.0 Å². The van der Waals surface area contributed by atoms with Gasteiger partial charge in [0.1, 0.15) is 11.3 Å². The van der Waals surface area contributed by atoms with Crippen molar-refractivity contribution < 1.29 is 14.3 Å². The fourth-order valence-electron chi connectivity index (χ4n) is 2.40. The summed E-state index contributed by atoms with van der Waals surface area (Å²) in [5, 5.41) is 21.7. The van der Waals surface area contributed by atoms with Gasteiger partial charge in [0.05, 0.1) is 5.56 Å². The smallest absolute Gasteiger partial charge is 0.346 e. The number of benzene rings is 2. The number of rotatable bonds is 3. The number of carbonyl (C=O) groups is 1. The van der Waals surface area contributed by atoms with Gasteiger partial charge in [-0.25, -0.2) is 4.79 Å². The summed E-state index contributed by atoms with van der Waals surface area (Å²) >= 11 is 6.86. The molecular weight excluding hydrogens is 390 g/mol. The molecule has 134 valence electrons. The number of aromatic nitrogens is 2. The molecule has 2 N–H and O–H groups in total. The fourth-order valence-corrected chi connectivity index (χ4v) is 3.27. The van der Waals surface area contributed by atoms with Crippen molar-refractivity contribution in [3.63, 3.8) is 0 Å². The van der Waals surface area contributed by atoms with Crippen molar-refractivity contribution in [3.05, 3.63) is 69.5 Å². The first-order valence-corrected chi connectivity index (χ1v) is 8.87. The summed E-state index contributed by atoms with van der Waals surface area (Å²) in [6, 6.07) is 12.5. The molecule has 0 radical (unpaired) electrons. The van der Waals surface area contributed by atoms with Crippen molar-refractivity contribution in [1.29, 1.82) is 0 Å². The van der Waals surface area contributed by atoms with Crippen LogP contribution in [-0.2, 0) is 0 Å². The normalized spacial score (nSPS) is 10.9. The van der Waals surface area contributed by atoms with Crippen LogP contribution in [0.3, 0.4) is 0 Å². The topological polar surface area (TPSA) is 105 Å². The minimum absolute atomic E-state index is 0.00140. The monoisotopic (exact) mass is 399 g/mol. The summed E-state index contributed by atoms with van der Waals surface area (Å²) in [5.41, 5.74) is 0.295. The first-order chi connectivity index (χ1) is 13.0. The van der Waals surface area contributed by atoms with Gasteiger partial charge in [0.25, 0.3) is 5.91 Å². The molecule has 0 bridgehead atoms. The van der Waals surface area contributed by atoms with Gasteiger partial charge in [-0.15, -0.1) is 10.2 Å². The van der Waals surface area contributed by atoms with E-state index in [0.717, 1.165) is 11.3 Å². The quantitative estimate of drug-likeness (QED) is 0.506. The number of hydrogen-bond acceptors (Lipinski definition) is 7. The number of amides is 1. The Hall–Kier alpha value is -3.23. The molecule has 4 aromatic rings. The van der Waals surface area contributed by atoms with Crippen molar-refractivity contribution in [3.8, 4) is 16.3 Å². The largest absolute Gasteiger partial charge is 0.508 e. The fraction of sp³-hybridized carbons (Fsp3) is 0. The van der Waals surface area contributed by atoms with E-state index in [1.165, 1.54) is 12.1 Å². The number of phenolic OH excluding ortho intramolecular Hbond substituents is 1. The van der Waals surface area contributed by atoms with Gasteiger partial charge in [0.15, 0.2) is 5.01 Å². The molecule has 0 fully saturated rings. The molecule has 2 aromatic heterocycles. The molecule has 0 aliphatic heterocycles. The molecule has 2 aromatic carbocycles. The first-order valence-electron chi connectivity index (χ1n) is 7.67. The molecule has 4 rings (SSSR count). The second-order valence-corrected chi connectivity index (χ2v) is 6.96. The average Bonchev–Trinajstić information content (AvgIpc) is 3.09. The summed E-state index contributed by atoms with van der Waals surface area (Å²) in [6.45, 7) is 0. The van der Waals surface area contributed by atoms with E-state index in [4.69, 9.17) is 16.0 Å². The number of nitrogens with one attached hydrogen (secondary N) is 1. The molecule has 0 aliphatic carbocycles. The van der Waals surface area contributed by atoms with Crippen LogP contribution in [0.5, 0.6) is 5.75 Å². The van der Waals surface area contributed by atoms with E-state index in [2.05, 4.69) is 15.5 Å². The van der Waals surface area contributed by atoms with Crippen molar-refractivity contribution in [2.75, 3.05) is 5.32 Å². The standard InChI is InChI=1S/C18H10ClN3O4S/c19-11-4-1-9(2-5-11)15(24)20-18-22-21-16(27-18)13-7-10-3-6-12(23)8-14(10)26-17(13)25/h1-8,23H,(H,20,22,24). The molecule has 0 aliphatic rings. The lowest BCUT2D eigenvalue weighted by molar-refractivity contribution is 0.102. The van der Waals surface area contributed by atoms with Crippen molar-refractivity contribution in [2.24, 2.45) is 0 Å². The van der Waals surface area contributed by atoms with Crippen LogP contribution >= 0.6 is 22.9 Å². The maximum Gasteiger partial charge on any atom is 0.346 e. The first kappa shape index (κ1) is 17.2. The molecule has 0 spiro atoms. The maximum absolute atomic E-state index is 12.2. The van der Waals surface area contributed by atoms with Crippen LogP contribution < -0.4 is 10.9 Å². The lowest BCUT2D eigenvalue weighted by atomic mass is 10.2. The van der Waals surface area contributed by atoms with E-state index in [-0.39, 0.29) is 27.9 Å². The number of fused-ring (bicyclic) bond motifs is 1. The molecule has 0 atom stereocenters. The summed E-state index contributed by atoms with van der Waals surface area (Å²) in [6.07, 6.45) is 0. The van der Waals surface area contributed by atoms with E-state index in [0.29, 0.717) is 21.0 Å². The van der Waals surface area contributed by atoms with Crippen LogP contribution in [0.2, 0.25) is 5.02 Å². The minimum Gasteiger partial charge on any atom is -0.508 e. The second kappa shape index (κ2) is 6.82. The van der Waals surface area contributed by atoms with Crippen LogP contribution in [0.25, 0.3) is 21.5 Å². The van der Waals surface area contributed by atoms with Crippen molar-refractivity contribution in [1.82, 2.24) is 10.2 Å². The summed E-state index contributed by atoms with van der Waals surface area (Å²) in [7, 11) is 0. The van der Waals surface area contributed by atoms with Gasteiger partial charge in [-0.1, -0.05) is 22.9 Å². The van der Waals surface area contributed by atoms with Crippen LogP contribution in [0, 0.1) is 0 Å². The van der Waals surface area contributed by atoms with E-state index in [1.807, 2.05) is 0 Å². The van der Waals surface area contributed by atoms with Gasteiger partial charge < -0.3 is 9.52 Å². The van der Waals surface area contributed by atoms with E-state index in [9.17, 15) is 14.7 Å². The molecule has 0 saturated heterocycles. The van der Waals surface area contributed by atoms with Crippen LogP contribution in [0.4, 0.5) is 5.13 Å². The highest BCUT2D eigenvalue weighted by Crippen LogP contribution is 2.28. The van der Waals surface area contributed by atoms with Crippen LogP contribution in [0.1, 0.15) is 10.4 Å². The number of nitrogens with zero attached hydrogens (tertiary/aromatic N) is 2. The lowest BCUT2D eigenvalue weighted by Gasteiger charge is -2.01. The van der Waals surface area contributed by atoms with Gasteiger partial charge >= 0.3 is 5.63 Å². The van der Waals surface area contributed by atoms with Crippen molar-refractivity contribution in [2.45, 2.75) is 0 Å². The number of hydrogen-bond donors (Lipinski definition) is 2. The van der Waals surface area contributed by atoms with Gasteiger partial charge in [-0.2, -0.15) is 0 Å². The average molecular weight is 400 g/mol. The zero-order chi connectivity index (χ0) is 19.0. The summed E-state index contributed by atoms with van der Waals surface area (Å²) in [5.74, 6) is -0.364. The maximum atomic E-state index is 12.2. The Kier molecular flexibility index (Phi) is 4.35. The number of anilines is 1. The highest BCUT2D eigenvalue weighted by Gasteiger charge is 2.15. The van der Waals surface area contributed by atoms with Gasteiger partial charge in [0.2, 0.25) is 5.13 Å². The third-order valence-electron chi connectivity index (χ3n) is 3.70. The molecular formula is C18H10ClN3O4S. The Morgan fingerprint density at radius 2 is 1.89 bits per heavy atom.